The molecule has 0 unspecified atom stereocenters. The van der Waals surface area contributed by atoms with E-state index in [4.69, 9.17) is 0 Å². The third kappa shape index (κ3) is 2.71. The van der Waals surface area contributed by atoms with Crippen molar-refractivity contribution in [1.29, 1.82) is 0 Å². The van der Waals surface area contributed by atoms with Gasteiger partial charge in [0.1, 0.15) is 0 Å². The lowest BCUT2D eigenvalue weighted by molar-refractivity contribution is 0.102. The monoisotopic (exact) mass is 241 g/mol. The molecule has 0 saturated carbocycles. The summed E-state index contributed by atoms with van der Waals surface area (Å²) in [5.74, 6) is 0.166. The van der Waals surface area contributed by atoms with E-state index in [1.807, 2.05) is 45.0 Å². The molecule has 0 atom stereocenters. The van der Waals surface area contributed by atoms with Crippen molar-refractivity contribution < 1.29 is 4.79 Å². The molecule has 1 aromatic carbocycles. The van der Waals surface area contributed by atoms with Gasteiger partial charge in [0.25, 0.3) is 5.91 Å². The summed E-state index contributed by atoms with van der Waals surface area (Å²) >= 11 is 0. The molecule has 1 heterocycles. The van der Waals surface area contributed by atoms with Crippen LogP contribution in [0.3, 0.4) is 0 Å². The van der Waals surface area contributed by atoms with Gasteiger partial charge in [-0.2, -0.15) is 0 Å². The number of hydrogen-bond acceptors (Lipinski definition) is 3. The molecular weight excluding hydrogens is 226 g/mol. The van der Waals surface area contributed by atoms with Gasteiger partial charge in [0.15, 0.2) is 0 Å². The van der Waals surface area contributed by atoms with Gasteiger partial charge in [0.05, 0.1) is 0 Å². The average Bonchev–Trinajstić information content (AvgIpc) is 2.27. The Hall–Kier alpha value is -2.23. The minimum absolute atomic E-state index is 0.182. The number of amides is 1. The molecule has 1 aromatic heterocycles. The third-order valence-corrected chi connectivity index (χ3v) is 2.60. The maximum atomic E-state index is 12.1. The number of hydrogen-bond donors (Lipinski definition) is 1. The number of nitrogens with one attached hydrogen (secondary N) is 1. The molecule has 0 bridgehead atoms. The molecule has 0 saturated heterocycles. The summed E-state index contributed by atoms with van der Waals surface area (Å²) in [4.78, 5) is 20.4. The smallest absolute Gasteiger partial charge is 0.258 e. The van der Waals surface area contributed by atoms with Crippen molar-refractivity contribution in [2.45, 2.75) is 20.8 Å². The first kappa shape index (κ1) is 12.2. The summed E-state index contributed by atoms with van der Waals surface area (Å²) in [6.45, 7) is 5.65. The Bertz CT molecular complexity index is 573. The Balaban J connectivity index is 2.24. The van der Waals surface area contributed by atoms with Crippen molar-refractivity contribution in [3.8, 4) is 0 Å². The fourth-order valence-electron chi connectivity index (χ4n) is 1.78. The van der Waals surface area contributed by atoms with E-state index in [0.29, 0.717) is 11.5 Å². The van der Waals surface area contributed by atoms with Crippen LogP contribution in [0.5, 0.6) is 0 Å². The second-order valence-electron chi connectivity index (χ2n) is 4.24. The highest BCUT2D eigenvalue weighted by molar-refractivity contribution is 6.04. The largest absolute Gasteiger partial charge is 0.290 e. The van der Waals surface area contributed by atoms with E-state index >= 15 is 0 Å². The first-order valence-corrected chi connectivity index (χ1v) is 5.75. The summed E-state index contributed by atoms with van der Waals surface area (Å²) in [5, 5.41) is 2.72. The van der Waals surface area contributed by atoms with Gasteiger partial charge in [0.2, 0.25) is 5.95 Å². The third-order valence-electron chi connectivity index (χ3n) is 2.60. The molecule has 0 fully saturated rings. The molecule has 4 heteroatoms. The molecule has 18 heavy (non-hydrogen) atoms. The molecule has 0 aliphatic heterocycles. The van der Waals surface area contributed by atoms with Gasteiger partial charge in [0, 0.05) is 17.0 Å². The Labute approximate surface area is 106 Å². The zero-order chi connectivity index (χ0) is 13.1. The van der Waals surface area contributed by atoms with Crippen molar-refractivity contribution in [1.82, 2.24) is 9.97 Å². The number of benzene rings is 1. The molecule has 92 valence electrons. The predicted octanol–water partition coefficient (Wildman–Crippen LogP) is 2.65. The van der Waals surface area contributed by atoms with Gasteiger partial charge in [-0.1, -0.05) is 18.2 Å². The van der Waals surface area contributed by atoms with Crippen LogP contribution in [0.1, 0.15) is 27.3 Å². The Morgan fingerprint density at radius 3 is 2.28 bits per heavy atom. The van der Waals surface area contributed by atoms with Gasteiger partial charge in [-0.15, -0.1) is 0 Å². The lowest BCUT2D eigenvalue weighted by atomic mass is 10.1. The molecule has 2 aromatic rings. The number of nitrogens with zero attached hydrogens (tertiary/aromatic N) is 2. The zero-order valence-corrected chi connectivity index (χ0v) is 10.7. The average molecular weight is 241 g/mol. The van der Waals surface area contributed by atoms with Crippen molar-refractivity contribution in [2.75, 3.05) is 5.32 Å². The Kier molecular flexibility index (Phi) is 3.37. The van der Waals surface area contributed by atoms with Crippen molar-refractivity contribution in [2.24, 2.45) is 0 Å². The fourth-order valence-corrected chi connectivity index (χ4v) is 1.78. The van der Waals surface area contributed by atoms with Crippen LogP contribution in [0.15, 0.2) is 30.3 Å². The Morgan fingerprint density at radius 2 is 1.67 bits per heavy atom. The van der Waals surface area contributed by atoms with Gasteiger partial charge in [-0.25, -0.2) is 9.97 Å². The molecule has 0 aliphatic rings. The minimum atomic E-state index is -0.182. The van der Waals surface area contributed by atoms with E-state index in [2.05, 4.69) is 15.3 Å². The standard InChI is InChI=1S/C14H15N3O/c1-9-6-4-5-7-12(9)13(18)17-14-15-10(2)8-11(3)16-14/h4-8H,1-3H3,(H,15,16,17,18). The van der Waals surface area contributed by atoms with Crippen LogP contribution < -0.4 is 5.32 Å². The maximum absolute atomic E-state index is 12.1. The van der Waals surface area contributed by atoms with Crippen LogP contribution in [0.2, 0.25) is 0 Å². The predicted molar refractivity (Wildman–Crippen MR) is 70.6 cm³/mol. The highest BCUT2D eigenvalue weighted by atomic mass is 16.1. The first-order valence-electron chi connectivity index (χ1n) is 5.75. The van der Waals surface area contributed by atoms with Crippen molar-refractivity contribution in [3.63, 3.8) is 0 Å². The molecule has 0 radical (unpaired) electrons. The number of aromatic nitrogens is 2. The topological polar surface area (TPSA) is 54.9 Å². The first-order chi connectivity index (χ1) is 8.56. The summed E-state index contributed by atoms with van der Waals surface area (Å²) in [7, 11) is 0. The van der Waals surface area contributed by atoms with E-state index in [0.717, 1.165) is 17.0 Å². The van der Waals surface area contributed by atoms with Gasteiger partial charge < -0.3 is 0 Å². The van der Waals surface area contributed by atoms with E-state index < -0.39 is 0 Å². The number of carbonyl (C=O) groups excluding carboxylic acids is 1. The molecular formula is C14H15N3O. The van der Waals surface area contributed by atoms with Crippen LogP contribution in [0.4, 0.5) is 5.95 Å². The number of anilines is 1. The molecule has 2 rings (SSSR count). The quantitative estimate of drug-likeness (QED) is 0.879. The molecule has 1 amide bonds. The zero-order valence-electron chi connectivity index (χ0n) is 10.7. The second kappa shape index (κ2) is 4.96. The fraction of sp³-hybridized carbons (Fsp3) is 0.214. The van der Waals surface area contributed by atoms with Crippen LogP contribution >= 0.6 is 0 Å². The number of rotatable bonds is 2. The normalized spacial score (nSPS) is 10.2. The van der Waals surface area contributed by atoms with E-state index in [1.54, 1.807) is 6.07 Å². The van der Waals surface area contributed by atoms with Gasteiger partial charge in [-0.3, -0.25) is 10.1 Å². The van der Waals surface area contributed by atoms with E-state index in [-0.39, 0.29) is 5.91 Å². The van der Waals surface area contributed by atoms with E-state index in [1.165, 1.54) is 0 Å². The van der Waals surface area contributed by atoms with Gasteiger partial charge >= 0.3 is 0 Å². The van der Waals surface area contributed by atoms with Crippen LogP contribution in [-0.4, -0.2) is 15.9 Å². The van der Waals surface area contributed by atoms with Crippen molar-refractivity contribution in [3.05, 3.63) is 52.8 Å². The molecule has 0 aliphatic carbocycles. The molecule has 0 spiro atoms. The van der Waals surface area contributed by atoms with Crippen LogP contribution in [0, 0.1) is 20.8 Å². The van der Waals surface area contributed by atoms with Gasteiger partial charge in [-0.05, 0) is 38.5 Å². The molecule has 1 N–H and O–H groups in total. The van der Waals surface area contributed by atoms with Crippen molar-refractivity contribution >= 4 is 11.9 Å². The molecule has 4 nitrogen and oxygen atoms in total. The number of carbonyl (C=O) groups is 1. The Morgan fingerprint density at radius 1 is 1.06 bits per heavy atom. The summed E-state index contributed by atoms with van der Waals surface area (Å²) in [6.07, 6.45) is 0. The van der Waals surface area contributed by atoms with Crippen LogP contribution in [0.25, 0.3) is 0 Å². The maximum Gasteiger partial charge on any atom is 0.258 e. The van der Waals surface area contributed by atoms with Crippen LogP contribution in [-0.2, 0) is 0 Å². The highest BCUT2D eigenvalue weighted by Gasteiger charge is 2.10. The summed E-state index contributed by atoms with van der Waals surface area (Å²) in [6, 6.07) is 9.29. The number of aryl methyl sites for hydroxylation is 3. The SMILES string of the molecule is Cc1cc(C)nc(NC(=O)c2ccccc2C)n1. The summed E-state index contributed by atoms with van der Waals surface area (Å²) in [5.41, 5.74) is 3.24. The lowest BCUT2D eigenvalue weighted by Gasteiger charge is -2.07. The summed E-state index contributed by atoms with van der Waals surface area (Å²) < 4.78 is 0. The minimum Gasteiger partial charge on any atom is -0.290 e. The van der Waals surface area contributed by atoms with E-state index in [9.17, 15) is 4.79 Å². The lowest BCUT2D eigenvalue weighted by Crippen LogP contribution is -2.16. The second-order valence-corrected chi connectivity index (χ2v) is 4.24. The highest BCUT2D eigenvalue weighted by Crippen LogP contribution is 2.10.